The van der Waals surface area contributed by atoms with Gasteiger partial charge in [0, 0.05) is 11.8 Å². The number of carboxylic acid groups (broad SMARTS) is 1. The van der Waals surface area contributed by atoms with Gasteiger partial charge < -0.3 is 15.2 Å². The van der Waals surface area contributed by atoms with Gasteiger partial charge in [-0.25, -0.2) is 4.79 Å². The quantitative estimate of drug-likeness (QED) is 0.555. The lowest BCUT2D eigenvalue weighted by molar-refractivity contribution is 0.0691. The topological polar surface area (TPSA) is 90.4 Å². The van der Waals surface area contributed by atoms with Crippen LogP contribution in [0.3, 0.4) is 0 Å². The second kappa shape index (κ2) is 2.69. The lowest BCUT2D eigenvalue weighted by Gasteiger charge is -1.99. The van der Waals surface area contributed by atoms with Crippen LogP contribution >= 0.6 is 0 Å². The Morgan fingerprint density at radius 3 is 2.58 bits per heavy atom. The number of pyridine rings is 1. The summed E-state index contributed by atoms with van der Waals surface area (Å²) in [4.78, 5) is 23.4. The van der Waals surface area contributed by atoms with Crippen LogP contribution < -0.4 is 5.56 Å². The average molecular weight is 169 g/mol. The molecule has 12 heavy (non-hydrogen) atoms. The fourth-order valence-electron chi connectivity index (χ4n) is 0.817. The van der Waals surface area contributed by atoms with Gasteiger partial charge in [-0.3, -0.25) is 4.79 Å². The minimum Gasteiger partial charge on any atom is -0.506 e. The molecule has 0 aliphatic heterocycles. The molecule has 0 fully saturated rings. The maximum atomic E-state index is 10.8. The third-order valence-electron chi connectivity index (χ3n) is 1.47. The number of hydrogen-bond donors (Lipinski definition) is 3. The monoisotopic (exact) mass is 169 g/mol. The molecule has 0 radical (unpaired) electrons. The summed E-state index contributed by atoms with van der Waals surface area (Å²) in [6.07, 6.45) is 1.25. The number of nitrogens with one attached hydrogen (secondary N) is 1. The van der Waals surface area contributed by atoms with Crippen molar-refractivity contribution in [2.75, 3.05) is 0 Å². The molecular weight excluding hydrogens is 162 g/mol. The lowest BCUT2D eigenvalue weighted by atomic mass is 10.2. The van der Waals surface area contributed by atoms with Crippen molar-refractivity contribution in [3.63, 3.8) is 0 Å². The molecule has 0 unspecified atom stereocenters. The van der Waals surface area contributed by atoms with Gasteiger partial charge in [-0.05, 0) is 6.92 Å². The molecule has 0 aliphatic rings. The Balaban J connectivity index is 3.54. The van der Waals surface area contributed by atoms with Crippen molar-refractivity contribution in [2.45, 2.75) is 6.92 Å². The predicted octanol–water partition coefficient (Wildman–Crippen LogP) is 0.0871. The average Bonchev–Trinajstić information content (AvgIpc) is 1.97. The van der Waals surface area contributed by atoms with E-state index in [0.29, 0.717) is 5.56 Å². The highest BCUT2D eigenvalue weighted by Gasteiger charge is 2.15. The van der Waals surface area contributed by atoms with Crippen LogP contribution in [-0.4, -0.2) is 21.2 Å². The van der Waals surface area contributed by atoms with Gasteiger partial charge in [0.1, 0.15) is 5.75 Å². The predicted molar refractivity (Wildman–Crippen MR) is 40.4 cm³/mol. The fraction of sp³-hybridized carbons (Fsp3) is 0.143. The Bertz CT molecular complexity index is 379. The van der Waals surface area contributed by atoms with Gasteiger partial charge in [0.25, 0.3) is 5.56 Å². The molecular formula is C7H7NO4. The summed E-state index contributed by atoms with van der Waals surface area (Å²) >= 11 is 0. The van der Waals surface area contributed by atoms with E-state index < -0.39 is 22.8 Å². The highest BCUT2D eigenvalue weighted by Crippen LogP contribution is 2.16. The molecule has 0 bridgehead atoms. The number of hydrogen-bond acceptors (Lipinski definition) is 3. The van der Waals surface area contributed by atoms with E-state index in [1.807, 2.05) is 0 Å². The van der Waals surface area contributed by atoms with E-state index in [2.05, 4.69) is 4.98 Å². The molecule has 5 nitrogen and oxygen atoms in total. The molecule has 5 heteroatoms. The number of aromatic hydroxyl groups is 1. The number of aromatic amines is 1. The Labute approximate surface area is 67.3 Å². The van der Waals surface area contributed by atoms with Crippen LogP contribution in [0.25, 0.3) is 0 Å². The van der Waals surface area contributed by atoms with E-state index >= 15 is 0 Å². The third-order valence-corrected chi connectivity index (χ3v) is 1.47. The SMILES string of the molecule is Cc1c[nH]c(=O)c(C(=O)O)c1O. The first-order chi connectivity index (χ1) is 5.54. The van der Waals surface area contributed by atoms with E-state index in [0.717, 1.165) is 0 Å². The number of H-pyrrole nitrogens is 1. The van der Waals surface area contributed by atoms with Crippen molar-refractivity contribution >= 4 is 5.97 Å². The summed E-state index contributed by atoms with van der Waals surface area (Å²) in [5, 5.41) is 17.6. The standard InChI is InChI=1S/C7H7NO4/c1-3-2-8-6(10)4(5(3)9)7(11)12/h2H,1H3,(H,11,12)(H2,8,9,10). The minimum absolute atomic E-state index is 0.326. The van der Waals surface area contributed by atoms with Crippen LogP contribution in [-0.2, 0) is 0 Å². The van der Waals surface area contributed by atoms with Crippen molar-refractivity contribution in [3.8, 4) is 5.75 Å². The van der Waals surface area contributed by atoms with Gasteiger partial charge >= 0.3 is 5.97 Å². The Kier molecular flexibility index (Phi) is 1.86. The number of carbonyl (C=O) groups is 1. The Hall–Kier alpha value is -1.78. The summed E-state index contributed by atoms with van der Waals surface area (Å²) in [6, 6.07) is 0. The van der Waals surface area contributed by atoms with E-state index in [1.54, 1.807) is 0 Å². The van der Waals surface area contributed by atoms with E-state index in [1.165, 1.54) is 13.1 Å². The molecule has 0 aliphatic carbocycles. The van der Waals surface area contributed by atoms with Crippen molar-refractivity contribution in [3.05, 3.63) is 27.7 Å². The Morgan fingerprint density at radius 2 is 2.17 bits per heavy atom. The van der Waals surface area contributed by atoms with Gasteiger partial charge in [0.15, 0.2) is 5.56 Å². The number of carboxylic acids is 1. The second-order valence-electron chi connectivity index (χ2n) is 2.33. The van der Waals surface area contributed by atoms with Crippen LogP contribution in [0.4, 0.5) is 0 Å². The maximum Gasteiger partial charge on any atom is 0.345 e. The first-order valence-electron chi connectivity index (χ1n) is 3.18. The van der Waals surface area contributed by atoms with Gasteiger partial charge in [-0.15, -0.1) is 0 Å². The molecule has 3 N–H and O–H groups in total. The highest BCUT2D eigenvalue weighted by molar-refractivity contribution is 5.90. The second-order valence-corrected chi connectivity index (χ2v) is 2.33. The Morgan fingerprint density at radius 1 is 1.58 bits per heavy atom. The van der Waals surface area contributed by atoms with Crippen molar-refractivity contribution in [1.29, 1.82) is 0 Å². The summed E-state index contributed by atoms with van der Waals surface area (Å²) in [7, 11) is 0. The van der Waals surface area contributed by atoms with Crippen molar-refractivity contribution < 1.29 is 15.0 Å². The summed E-state index contributed by atoms with van der Waals surface area (Å²) in [5.74, 6) is -1.91. The highest BCUT2D eigenvalue weighted by atomic mass is 16.4. The molecule has 0 saturated carbocycles. The number of rotatable bonds is 1. The minimum atomic E-state index is -1.43. The van der Waals surface area contributed by atoms with E-state index in [9.17, 15) is 9.59 Å². The summed E-state index contributed by atoms with van der Waals surface area (Å²) in [6.45, 7) is 1.50. The lowest BCUT2D eigenvalue weighted by Crippen LogP contribution is -2.17. The zero-order valence-electron chi connectivity index (χ0n) is 6.29. The fourth-order valence-corrected chi connectivity index (χ4v) is 0.817. The summed E-state index contributed by atoms with van der Waals surface area (Å²) < 4.78 is 0. The largest absolute Gasteiger partial charge is 0.506 e. The molecule has 1 aromatic heterocycles. The van der Waals surface area contributed by atoms with Gasteiger partial charge in [0.2, 0.25) is 0 Å². The van der Waals surface area contributed by atoms with Crippen LogP contribution in [0.1, 0.15) is 15.9 Å². The maximum absolute atomic E-state index is 10.8. The number of aromatic carboxylic acids is 1. The van der Waals surface area contributed by atoms with Gasteiger partial charge in [-0.2, -0.15) is 0 Å². The van der Waals surface area contributed by atoms with Gasteiger partial charge in [0.05, 0.1) is 0 Å². The van der Waals surface area contributed by atoms with Crippen LogP contribution in [0.5, 0.6) is 5.75 Å². The van der Waals surface area contributed by atoms with Crippen molar-refractivity contribution in [2.24, 2.45) is 0 Å². The van der Waals surface area contributed by atoms with Crippen molar-refractivity contribution in [1.82, 2.24) is 4.98 Å². The molecule has 1 aromatic rings. The molecule has 0 amide bonds. The third kappa shape index (κ3) is 1.16. The van der Waals surface area contributed by atoms with E-state index in [4.69, 9.17) is 10.2 Å². The molecule has 0 spiro atoms. The normalized spacial score (nSPS) is 9.75. The van der Waals surface area contributed by atoms with Crippen LogP contribution in [0.15, 0.2) is 11.0 Å². The summed E-state index contributed by atoms with van der Waals surface area (Å²) in [5.41, 5.74) is -1.09. The molecule has 64 valence electrons. The molecule has 1 heterocycles. The van der Waals surface area contributed by atoms with E-state index in [-0.39, 0.29) is 0 Å². The first-order valence-corrected chi connectivity index (χ1v) is 3.18. The molecule has 0 saturated heterocycles. The molecule has 1 rings (SSSR count). The zero-order chi connectivity index (χ0) is 9.30. The number of aromatic nitrogens is 1. The molecule has 0 atom stereocenters. The smallest absolute Gasteiger partial charge is 0.345 e. The zero-order valence-corrected chi connectivity index (χ0v) is 6.29. The number of aryl methyl sites for hydroxylation is 1. The van der Waals surface area contributed by atoms with Crippen LogP contribution in [0.2, 0.25) is 0 Å². The van der Waals surface area contributed by atoms with Gasteiger partial charge in [-0.1, -0.05) is 0 Å². The molecule has 0 aromatic carbocycles. The first kappa shape index (κ1) is 8.32. The van der Waals surface area contributed by atoms with Crippen LogP contribution in [0, 0.1) is 6.92 Å².